The monoisotopic (exact) mass is 333 g/mol. The first-order valence-corrected chi connectivity index (χ1v) is 7.20. The van der Waals surface area contributed by atoms with Gasteiger partial charge in [0.1, 0.15) is 5.75 Å². The molecule has 2 aromatic rings. The molecule has 2 rings (SSSR count). The van der Waals surface area contributed by atoms with Crippen molar-refractivity contribution >= 4 is 27.5 Å². The highest BCUT2D eigenvalue weighted by Crippen LogP contribution is 2.26. The molecule has 0 aliphatic rings. The average molecular weight is 334 g/mol. The summed E-state index contributed by atoms with van der Waals surface area (Å²) in [5.74, 6) is 0.596. The summed E-state index contributed by atoms with van der Waals surface area (Å²) in [5.41, 5.74) is 2.48. The van der Waals surface area contributed by atoms with Gasteiger partial charge in [0.25, 0.3) is 5.91 Å². The van der Waals surface area contributed by atoms with Crippen LogP contribution in [0.15, 0.2) is 46.9 Å². The maximum atomic E-state index is 12.2. The van der Waals surface area contributed by atoms with Gasteiger partial charge in [-0.3, -0.25) is 4.79 Å². The van der Waals surface area contributed by atoms with Gasteiger partial charge in [-0.15, -0.1) is 0 Å². The maximum Gasteiger partial charge on any atom is 0.255 e. The Hall–Kier alpha value is -1.81. The van der Waals surface area contributed by atoms with E-state index in [0.29, 0.717) is 12.2 Å². The fraction of sp³-hybridized carbons (Fsp3) is 0.188. The van der Waals surface area contributed by atoms with Gasteiger partial charge in [0.05, 0.1) is 11.1 Å². The van der Waals surface area contributed by atoms with E-state index in [9.17, 15) is 4.79 Å². The smallest absolute Gasteiger partial charge is 0.255 e. The van der Waals surface area contributed by atoms with E-state index in [2.05, 4.69) is 21.2 Å². The van der Waals surface area contributed by atoms with Crippen LogP contribution in [0.2, 0.25) is 0 Å². The molecule has 0 aliphatic carbocycles. The topological polar surface area (TPSA) is 38.3 Å². The van der Waals surface area contributed by atoms with Crippen LogP contribution >= 0.6 is 15.9 Å². The van der Waals surface area contributed by atoms with Crippen molar-refractivity contribution in [2.75, 3.05) is 11.9 Å². The van der Waals surface area contributed by atoms with E-state index in [4.69, 9.17) is 4.74 Å². The third kappa shape index (κ3) is 3.61. The zero-order chi connectivity index (χ0) is 14.5. The summed E-state index contributed by atoms with van der Waals surface area (Å²) < 4.78 is 6.20. The Kier molecular flexibility index (Phi) is 4.79. The Morgan fingerprint density at radius 3 is 2.70 bits per heavy atom. The van der Waals surface area contributed by atoms with Crippen molar-refractivity contribution < 1.29 is 9.53 Å². The molecule has 0 bridgehead atoms. The molecule has 20 heavy (non-hydrogen) atoms. The Morgan fingerprint density at radius 1 is 1.25 bits per heavy atom. The number of aryl methyl sites for hydroxylation is 1. The van der Waals surface area contributed by atoms with Crippen LogP contribution in [-0.2, 0) is 0 Å². The van der Waals surface area contributed by atoms with Crippen molar-refractivity contribution in [1.82, 2.24) is 0 Å². The lowest BCUT2D eigenvalue weighted by Gasteiger charge is -2.09. The highest BCUT2D eigenvalue weighted by Gasteiger charge is 2.09. The summed E-state index contributed by atoms with van der Waals surface area (Å²) in [4.78, 5) is 12.2. The van der Waals surface area contributed by atoms with Crippen molar-refractivity contribution in [3.05, 3.63) is 58.1 Å². The van der Waals surface area contributed by atoms with Crippen LogP contribution in [-0.4, -0.2) is 12.5 Å². The summed E-state index contributed by atoms with van der Waals surface area (Å²) in [5, 5.41) is 2.88. The molecular formula is C16H16BrNO2. The molecule has 0 aliphatic heterocycles. The highest BCUT2D eigenvalue weighted by molar-refractivity contribution is 9.10. The van der Waals surface area contributed by atoms with Crippen LogP contribution in [0.1, 0.15) is 22.8 Å². The third-order valence-electron chi connectivity index (χ3n) is 2.77. The Labute approximate surface area is 127 Å². The van der Waals surface area contributed by atoms with Gasteiger partial charge in [0.15, 0.2) is 0 Å². The molecule has 0 saturated heterocycles. The molecular weight excluding hydrogens is 318 g/mol. The molecule has 0 unspecified atom stereocenters. The molecule has 0 saturated carbocycles. The standard InChI is InChI=1S/C16H16BrNO2/c1-3-20-15-8-7-12(10-14(15)17)16(19)18-13-6-4-5-11(2)9-13/h4-10H,3H2,1-2H3,(H,18,19). The van der Waals surface area contributed by atoms with Gasteiger partial charge in [-0.05, 0) is 65.7 Å². The minimum atomic E-state index is -0.139. The first-order chi connectivity index (χ1) is 9.60. The van der Waals surface area contributed by atoms with E-state index in [1.54, 1.807) is 18.2 Å². The number of hydrogen-bond acceptors (Lipinski definition) is 2. The second-order valence-electron chi connectivity index (χ2n) is 4.40. The number of benzene rings is 2. The van der Waals surface area contributed by atoms with E-state index in [-0.39, 0.29) is 5.91 Å². The van der Waals surface area contributed by atoms with Crippen molar-refractivity contribution in [2.24, 2.45) is 0 Å². The largest absolute Gasteiger partial charge is 0.493 e. The van der Waals surface area contributed by atoms with E-state index in [0.717, 1.165) is 21.5 Å². The van der Waals surface area contributed by atoms with Crippen LogP contribution in [0.3, 0.4) is 0 Å². The molecule has 3 nitrogen and oxygen atoms in total. The summed E-state index contributed by atoms with van der Waals surface area (Å²) in [6, 6.07) is 13.0. The Balaban J connectivity index is 2.15. The highest BCUT2D eigenvalue weighted by atomic mass is 79.9. The van der Waals surface area contributed by atoms with Gasteiger partial charge in [0, 0.05) is 11.3 Å². The first kappa shape index (κ1) is 14.6. The van der Waals surface area contributed by atoms with Crippen LogP contribution in [0, 0.1) is 6.92 Å². The molecule has 0 heterocycles. The molecule has 2 aromatic carbocycles. The van der Waals surface area contributed by atoms with Crippen LogP contribution < -0.4 is 10.1 Å². The number of rotatable bonds is 4. The first-order valence-electron chi connectivity index (χ1n) is 6.40. The van der Waals surface area contributed by atoms with E-state index < -0.39 is 0 Å². The minimum Gasteiger partial charge on any atom is -0.493 e. The number of carbonyl (C=O) groups is 1. The number of ether oxygens (including phenoxy) is 1. The summed E-state index contributed by atoms with van der Waals surface area (Å²) in [6.07, 6.45) is 0. The molecule has 4 heteroatoms. The number of hydrogen-bond donors (Lipinski definition) is 1. The van der Waals surface area contributed by atoms with Gasteiger partial charge in [-0.1, -0.05) is 12.1 Å². The van der Waals surface area contributed by atoms with Crippen molar-refractivity contribution in [1.29, 1.82) is 0 Å². The van der Waals surface area contributed by atoms with Gasteiger partial charge in [0.2, 0.25) is 0 Å². The number of halogens is 1. The summed E-state index contributed by atoms with van der Waals surface area (Å²) in [7, 11) is 0. The van der Waals surface area contributed by atoms with Crippen molar-refractivity contribution in [3.63, 3.8) is 0 Å². The summed E-state index contributed by atoms with van der Waals surface area (Å²) in [6.45, 7) is 4.50. The van der Waals surface area contributed by atoms with Gasteiger partial charge >= 0.3 is 0 Å². The minimum absolute atomic E-state index is 0.139. The quantitative estimate of drug-likeness (QED) is 0.899. The van der Waals surface area contributed by atoms with Crippen LogP contribution in [0.25, 0.3) is 0 Å². The van der Waals surface area contributed by atoms with Crippen LogP contribution in [0.4, 0.5) is 5.69 Å². The van der Waals surface area contributed by atoms with E-state index >= 15 is 0 Å². The third-order valence-corrected chi connectivity index (χ3v) is 3.39. The lowest BCUT2D eigenvalue weighted by Crippen LogP contribution is -2.12. The molecule has 0 radical (unpaired) electrons. The number of amides is 1. The number of nitrogens with one attached hydrogen (secondary N) is 1. The summed E-state index contributed by atoms with van der Waals surface area (Å²) >= 11 is 3.41. The molecule has 0 aromatic heterocycles. The Morgan fingerprint density at radius 2 is 2.05 bits per heavy atom. The van der Waals surface area contributed by atoms with Crippen molar-refractivity contribution in [2.45, 2.75) is 13.8 Å². The van der Waals surface area contributed by atoms with Gasteiger partial charge < -0.3 is 10.1 Å². The maximum absolute atomic E-state index is 12.2. The second kappa shape index (κ2) is 6.57. The number of carbonyl (C=O) groups excluding carboxylic acids is 1. The molecule has 0 atom stereocenters. The van der Waals surface area contributed by atoms with Crippen molar-refractivity contribution in [3.8, 4) is 5.75 Å². The molecule has 1 amide bonds. The molecule has 104 valence electrons. The lowest BCUT2D eigenvalue weighted by molar-refractivity contribution is 0.102. The SMILES string of the molecule is CCOc1ccc(C(=O)Nc2cccc(C)c2)cc1Br. The van der Waals surface area contributed by atoms with Gasteiger partial charge in [-0.2, -0.15) is 0 Å². The predicted octanol–water partition coefficient (Wildman–Crippen LogP) is 4.41. The zero-order valence-corrected chi connectivity index (χ0v) is 13.0. The van der Waals surface area contributed by atoms with E-state index in [1.807, 2.05) is 38.1 Å². The second-order valence-corrected chi connectivity index (χ2v) is 5.26. The van der Waals surface area contributed by atoms with E-state index in [1.165, 1.54) is 0 Å². The molecule has 0 spiro atoms. The molecule has 0 fully saturated rings. The predicted molar refractivity (Wildman–Crippen MR) is 84.4 cm³/mol. The molecule has 1 N–H and O–H groups in total. The zero-order valence-electron chi connectivity index (χ0n) is 11.4. The van der Waals surface area contributed by atoms with Gasteiger partial charge in [-0.25, -0.2) is 0 Å². The fourth-order valence-corrected chi connectivity index (χ4v) is 2.33. The number of anilines is 1. The fourth-order valence-electron chi connectivity index (χ4n) is 1.84. The van der Waals surface area contributed by atoms with Crippen LogP contribution in [0.5, 0.6) is 5.75 Å². The normalized spacial score (nSPS) is 10.2. The lowest BCUT2D eigenvalue weighted by atomic mass is 10.2. The Bertz CT molecular complexity index is 626. The average Bonchev–Trinajstić information content (AvgIpc) is 2.41.